The Morgan fingerprint density at radius 1 is 0.968 bits per heavy atom. The van der Waals surface area contributed by atoms with Crippen LogP contribution in [0.4, 0.5) is 11.4 Å². The van der Waals surface area contributed by atoms with Crippen molar-refractivity contribution in [2.75, 3.05) is 10.0 Å². The van der Waals surface area contributed by atoms with Crippen molar-refractivity contribution in [3.05, 3.63) is 82.3 Å². The van der Waals surface area contributed by atoms with Crippen LogP contribution in [0.2, 0.25) is 10.0 Å². The Balaban J connectivity index is 1.66. The van der Waals surface area contributed by atoms with Gasteiger partial charge in [0.25, 0.3) is 15.9 Å². The minimum Gasteiger partial charge on any atom is -0.481 e. The van der Waals surface area contributed by atoms with Crippen molar-refractivity contribution in [1.82, 2.24) is 0 Å². The Hall–Kier alpha value is -2.74. The largest absolute Gasteiger partial charge is 0.481 e. The number of hydrogen-bond donors (Lipinski definition) is 2. The van der Waals surface area contributed by atoms with Gasteiger partial charge in [-0.05, 0) is 74.0 Å². The van der Waals surface area contributed by atoms with E-state index in [1.807, 2.05) is 0 Å². The lowest BCUT2D eigenvalue weighted by Crippen LogP contribution is -2.30. The van der Waals surface area contributed by atoms with Gasteiger partial charge in [0.15, 0.2) is 6.10 Å². The average molecular weight is 479 g/mol. The van der Waals surface area contributed by atoms with E-state index < -0.39 is 16.1 Å². The van der Waals surface area contributed by atoms with Crippen molar-refractivity contribution >= 4 is 50.5 Å². The van der Waals surface area contributed by atoms with Gasteiger partial charge in [0, 0.05) is 15.7 Å². The first-order valence-electron chi connectivity index (χ1n) is 9.26. The van der Waals surface area contributed by atoms with Crippen LogP contribution in [0.1, 0.15) is 12.5 Å². The van der Waals surface area contributed by atoms with Gasteiger partial charge < -0.3 is 10.1 Å². The second kappa shape index (κ2) is 9.60. The minimum absolute atomic E-state index is 0.0492. The number of carbonyl (C=O) groups is 1. The lowest BCUT2D eigenvalue weighted by atomic mass is 10.2. The van der Waals surface area contributed by atoms with Gasteiger partial charge in [0.2, 0.25) is 0 Å². The molecule has 0 fully saturated rings. The van der Waals surface area contributed by atoms with Gasteiger partial charge in [0.1, 0.15) is 5.75 Å². The Morgan fingerprint density at radius 3 is 2.32 bits per heavy atom. The highest BCUT2D eigenvalue weighted by Crippen LogP contribution is 2.24. The van der Waals surface area contributed by atoms with Crippen LogP contribution in [0.5, 0.6) is 5.75 Å². The van der Waals surface area contributed by atoms with Gasteiger partial charge >= 0.3 is 0 Å². The average Bonchev–Trinajstić information content (AvgIpc) is 2.71. The maximum atomic E-state index is 12.7. The van der Waals surface area contributed by atoms with E-state index in [0.717, 1.165) is 5.56 Å². The molecule has 0 aliphatic heterocycles. The first-order valence-corrected chi connectivity index (χ1v) is 11.5. The highest BCUT2D eigenvalue weighted by molar-refractivity contribution is 7.92. The Morgan fingerprint density at radius 2 is 1.65 bits per heavy atom. The van der Waals surface area contributed by atoms with Gasteiger partial charge in [0.05, 0.1) is 10.6 Å². The molecular formula is C22H20Cl2N2O4S. The Bertz CT molecular complexity index is 1200. The standard InChI is InChI=1S/C22H20Cl2N2O4S/c1-14-6-7-17(24)13-21(14)26-31(28,29)20-10-8-18(9-11-20)25-22(27)15(2)30-19-5-3-4-16(23)12-19/h3-13,15,26H,1-2H3,(H,25,27)/t15-/m1/s1. The summed E-state index contributed by atoms with van der Waals surface area (Å²) in [6.45, 7) is 3.38. The van der Waals surface area contributed by atoms with Crippen LogP contribution in [-0.2, 0) is 14.8 Å². The Labute approximate surface area is 191 Å². The van der Waals surface area contributed by atoms with Crippen LogP contribution in [0.15, 0.2) is 71.6 Å². The van der Waals surface area contributed by atoms with Crippen molar-refractivity contribution in [2.24, 2.45) is 0 Å². The number of sulfonamides is 1. The predicted molar refractivity (Wildman–Crippen MR) is 124 cm³/mol. The zero-order valence-electron chi connectivity index (χ0n) is 16.7. The third kappa shape index (κ3) is 6.13. The molecule has 0 saturated heterocycles. The summed E-state index contributed by atoms with van der Waals surface area (Å²) in [5.74, 6) is 0.0854. The number of rotatable bonds is 7. The summed E-state index contributed by atoms with van der Waals surface area (Å²) < 4.78 is 33.4. The maximum absolute atomic E-state index is 12.7. The number of halogens is 2. The molecule has 0 spiro atoms. The minimum atomic E-state index is -3.82. The van der Waals surface area contributed by atoms with Gasteiger partial charge in [-0.3, -0.25) is 9.52 Å². The van der Waals surface area contributed by atoms with Crippen molar-refractivity contribution in [3.8, 4) is 5.75 Å². The SMILES string of the molecule is Cc1ccc(Cl)cc1NS(=O)(=O)c1ccc(NC(=O)[C@@H](C)Oc2cccc(Cl)c2)cc1. The summed E-state index contributed by atoms with van der Waals surface area (Å²) in [5, 5.41) is 3.62. The maximum Gasteiger partial charge on any atom is 0.265 e. The first kappa shape index (κ1) is 22.9. The smallest absolute Gasteiger partial charge is 0.265 e. The number of benzene rings is 3. The normalized spacial score (nSPS) is 12.1. The van der Waals surface area contributed by atoms with Crippen molar-refractivity contribution < 1.29 is 17.9 Å². The molecule has 0 saturated carbocycles. The Kier molecular flexibility index (Phi) is 7.10. The second-order valence-electron chi connectivity index (χ2n) is 6.80. The van der Waals surface area contributed by atoms with Gasteiger partial charge in [-0.25, -0.2) is 8.42 Å². The summed E-state index contributed by atoms with van der Waals surface area (Å²) in [5.41, 5.74) is 1.58. The van der Waals surface area contributed by atoms with E-state index in [4.69, 9.17) is 27.9 Å². The monoisotopic (exact) mass is 478 g/mol. The molecule has 162 valence electrons. The highest BCUT2D eigenvalue weighted by atomic mass is 35.5. The number of aryl methyl sites for hydroxylation is 1. The van der Waals surface area contributed by atoms with Crippen molar-refractivity contribution in [3.63, 3.8) is 0 Å². The zero-order valence-corrected chi connectivity index (χ0v) is 19.1. The summed E-state index contributed by atoms with van der Waals surface area (Å²) in [6, 6.07) is 17.5. The number of anilines is 2. The van der Waals surface area contributed by atoms with E-state index >= 15 is 0 Å². The van der Waals surface area contributed by atoms with E-state index in [0.29, 0.717) is 27.2 Å². The highest BCUT2D eigenvalue weighted by Gasteiger charge is 2.18. The molecule has 3 aromatic carbocycles. The summed E-state index contributed by atoms with van der Waals surface area (Å²) in [4.78, 5) is 12.4. The summed E-state index contributed by atoms with van der Waals surface area (Å²) in [6.07, 6.45) is -0.783. The molecule has 31 heavy (non-hydrogen) atoms. The first-order chi connectivity index (χ1) is 14.6. The second-order valence-corrected chi connectivity index (χ2v) is 9.35. The third-order valence-electron chi connectivity index (χ3n) is 4.35. The molecule has 0 aliphatic rings. The molecule has 0 bridgehead atoms. The van der Waals surface area contributed by atoms with Gasteiger partial charge in [-0.1, -0.05) is 35.3 Å². The third-order valence-corrected chi connectivity index (χ3v) is 6.21. The predicted octanol–water partition coefficient (Wildman–Crippen LogP) is 5.51. The topological polar surface area (TPSA) is 84.5 Å². The molecule has 0 aromatic heterocycles. The number of carbonyl (C=O) groups excluding carboxylic acids is 1. The van der Waals surface area contributed by atoms with Crippen LogP contribution >= 0.6 is 23.2 Å². The number of hydrogen-bond acceptors (Lipinski definition) is 4. The van der Waals surface area contributed by atoms with Gasteiger partial charge in [-0.15, -0.1) is 0 Å². The molecule has 0 aliphatic carbocycles. The number of amides is 1. The van der Waals surface area contributed by atoms with E-state index in [-0.39, 0.29) is 10.8 Å². The van der Waals surface area contributed by atoms with E-state index in [9.17, 15) is 13.2 Å². The fourth-order valence-corrected chi connectivity index (χ4v) is 4.14. The lowest BCUT2D eigenvalue weighted by molar-refractivity contribution is -0.122. The number of nitrogens with one attached hydrogen (secondary N) is 2. The molecular weight excluding hydrogens is 459 g/mol. The van der Waals surface area contributed by atoms with Crippen LogP contribution in [0.25, 0.3) is 0 Å². The zero-order chi connectivity index (χ0) is 22.6. The van der Waals surface area contributed by atoms with E-state index in [1.165, 1.54) is 24.3 Å². The molecule has 6 nitrogen and oxygen atoms in total. The fourth-order valence-electron chi connectivity index (χ4n) is 2.67. The quantitative estimate of drug-likeness (QED) is 0.468. The summed E-state index contributed by atoms with van der Waals surface area (Å²) in [7, 11) is -3.82. The molecule has 1 atom stereocenters. The van der Waals surface area contributed by atoms with Gasteiger partial charge in [-0.2, -0.15) is 0 Å². The van der Waals surface area contributed by atoms with Crippen molar-refractivity contribution in [1.29, 1.82) is 0 Å². The molecule has 1 amide bonds. The molecule has 0 radical (unpaired) electrons. The molecule has 3 rings (SSSR count). The van der Waals surface area contributed by atoms with E-state index in [2.05, 4.69) is 10.0 Å². The van der Waals surface area contributed by atoms with Crippen LogP contribution in [0.3, 0.4) is 0 Å². The number of ether oxygens (including phenoxy) is 1. The molecule has 0 unspecified atom stereocenters. The van der Waals surface area contributed by atoms with Crippen LogP contribution in [0, 0.1) is 6.92 Å². The van der Waals surface area contributed by atoms with Crippen LogP contribution in [-0.4, -0.2) is 20.4 Å². The van der Waals surface area contributed by atoms with Crippen molar-refractivity contribution in [2.45, 2.75) is 24.8 Å². The molecule has 2 N–H and O–H groups in total. The molecule has 9 heteroatoms. The van der Waals surface area contributed by atoms with E-state index in [1.54, 1.807) is 56.3 Å². The lowest BCUT2D eigenvalue weighted by Gasteiger charge is -2.15. The molecule has 3 aromatic rings. The fraction of sp³-hybridized carbons (Fsp3) is 0.136. The molecule has 0 heterocycles. The summed E-state index contributed by atoms with van der Waals surface area (Å²) >= 11 is 11.9. The van der Waals surface area contributed by atoms with Crippen LogP contribution < -0.4 is 14.8 Å².